The number of hydrogen-bond donors (Lipinski definition) is 3. The lowest BCUT2D eigenvalue weighted by atomic mass is 10.2. The van der Waals surface area contributed by atoms with E-state index in [0.717, 1.165) is 28.4 Å². The van der Waals surface area contributed by atoms with Crippen molar-refractivity contribution in [3.05, 3.63) is 60.3 Å². The lowest BCUT2D eigenvalue weighted by molar-refractivity contribution is 0.0706. The summed E-state index contributed by atoms with van der Waals surface area (Å²) in [5, 5.41) is 12.1. The number of fused-ring (bicyclic) bond motifs is 1. The summed E-state index contributed by atoms with van der Waals surface area (Å²) in [4.78, 5) is 22.6. The minimum atomic E-state index is -0.547. The van der Waals surface area contributed by atoms with Gasteiger partial charge in [0.1, 0.15) is 6.67 Å². The number of amides is 1. The highest BCUT2D eigenvalue weighted by Gasteiger charge is 2.16. The third kappa shape index (κ3) is 3.70. The van der Waals surface area contributed by atoms with Crippen LogP contribution in [0.5, 0.6) is 0 Å². The van der Waals surface area contributed by atoms with Gasteiger partial charge in [-0.3, -0.25) is 15.0 Å². The molecule has 148 valence electrons. The number of nitrogens with one attached hydrogen (secondary N) is 2. The Labute approximate surface area is 168 Å². The van der Waals surface area contributed by atoms with Crippen LogP contribution in [0.25, 0.3) is 11.0 Å². The van der Waals surface area contributed by atoms with Gasteiger partial charge in [0.25, 0.3) is 5.91 Å². The molecule has 0 bridgehead atoms. The van der Waals surface area contributed by atoms with E-state index in [0.29, 0.717) is 12.2 Å². The maximum atomic E-state index is 11.5. The standard InChI is InChI=1S/C21H22N6O2/c1-14(2)27-19-9-8-17(26-11-3-10-22-13-26)12-18(19)24-21(27)23-16-6-4-15(5-7-16)20(28)25-29/h3-12,14,29H,13H2,1-2H3,(H,23,24)(H,25,28). The molecule has 0 unspecified atom stereocenters. The maximum Gasteiger partial charge on any atom is 0.274 e. The van der Waals surface area contributed by atoms with Crippen LogP contribution in [0.4, 0.5) is 17.3 Å². The maximum absolute atomic E-state index is 11.5. The summed E-state index contributed by atoms with van der Waals surface area (Å²) in [7, 11) is 0. The minimum absolute atomic E-state index is 0.201. The zero-order chi connectivity index (χ0) is 20.4. The van der Waals surface area contributed by atoms with Crippen LogP contribution in [0.1, 0.15) is 30.2 Å². The molecule has 4 rings (SSSR count). The number of anilines is 3. The third-order valence-corrected chi connectivity index (χ3v) is 4.72. The molecule has 8 heteroatoms. The molecule has 3 aromatic rings. The van der Waals surface area contributed by atoms with Gasteiger partial charge in [-0.05, 0) is 62.4 Å². The first-order valence-electron chi connectivity index (χ1n) is 9.33. The molecule has 0 radical (unpaired) electrons. The topological polar surface area (TPSA) is 94.8 Å². The Balaban J connectivity index is 1.67. The summed E-state index contributed by atoms with van der Waals surface area (Å²) < 4.78 is 2.14. The molecule has 0 fully saturated rings. The van der Waals surface area contributed by atoms with Gasteiger partial charge in [-0.25, -0.2) is 10.5 Å². The van der Waals surface area contributed by atoms with Crippen LogP contribution in [-0.4, -0.2) is 33.5 Å². The quantitative estimate of drug-likeness (QED) is 0.454. The summed E-state index contributed by atoms with van der Waals surface area (Å²) in [5.74, 6) is 0.174. The Hall–Kier alpha value is -3.65. The summed E-state index contributed by atoms with van der Waals surface area (Å²) in [6.45, 7) is 4.81. The number of hydroxylamine groups is 1. The number of allylic oxidation sites excluding steroid dienone is 1. The lowest BCUT2D eigenvalue weighted by Crippen LogP contribution is -2.18. The van der Waals surface area contributed by atoms with E-state index in [9.17, 15) is 4.79 Å². The van der Waals surface area contributed by atoms with Crippen molar-refractivity contribution in [1.29, 1.82) is 0 Å². The van der Waals surface area contributed by atoms with E-state index >= 15 is 0 Å². The molecule has 1 aliphatic heterocycles. The van der Waals surface area contributed by atoms with Crippen LogP contribution < -0.4 is 15.7 Å². The van der Waals surface area contributed by atoms with Gasteiger partial charge < -0.3 is 14.8 Å². The van der Waals surface area contributed by atoms with E-state index < -0.39 is 5.91 Å². The average molecular weight is 390 g/mol. The monoisotopic (exact) mass is 390 g/mol. The van der Waals surface area contributed by atoms with E-state index in [2.05, 4.69) is 51.8 Å². The van der Waals surface area contributed by atoms with Gasteiger partial charge in [-0.15, -0.1) is 0 Å². The molecule has 29 heavy (non-hydrogen) atoms. The molecule has 0 saturated carbocycles. The molecule has 1 aromatic heterocycles. The second kappa shape index (κ2) is 7.76. The predicted octanol–water partition coefficient (Wildman–Crippen LogP) is 3.84. The fourth-order valence-corrected chi connectivity index (χ4v) is 3.33. The summed E-state index contributed by atoms with van der Waals surface area (Å²) >= 11 is 0. The van der Waals surface area contributed by atoms with E-state index in [1.165, 1.54) is 0 Å². The van der Waals surface area contributed by atoms with Crippen LogP contribution in [0, 0.1) is 0 Å². The first-order valence-corrected chi connectivity index (χ1v) is 9.33. The van der Waals surface area contributed by atoms with Crippen molar-refractivity contribution in [2.45, 2.75) is 19.9 Å². The number of aliphatic imine (C=N–C) groups is 1. The number of nitrogens with zero attached hydrogens (tertiary/aromatic N) is 4. The van der Waals surface area contributed by atoms with Crippen LogP contribution in [-0.2, 0) is 0 Å². The molecule has 2 aromatic carbocycles. The van der Waals surface area contributed by atoms with Crippen LogP contribution in [0.15, 0.2) is 59.7 Å². The smallest absolute Gasteiger partial charge is 0.274 e. The van der Waals surface area contributed by atoms with Crippen LogP contribution >= 0.6 is 0 Å². The van der Waals surface area contributed by atoms with Gasteiger partial charge in [-0.1, -0.05) is 0 Å². The van der Waals surface area contributed by atoms with Gasteiger partial charge in [0.15, 0.2) is 0 Å². The molecule has 0 saturated heterocycles. The highest BCUT2D eigenvalue weighted by atomic mass is 16.5. The number of imidazole rings is 1. The SMILES string of the molecule is CC(C)n1c(Nc2ccc(C(=O)NO)cc2)nc2cc(N3C=CC=NC3)ccc21. The van der Waals surface area contributed by atoms with E-state index in [1.54, 1.807) is 36.0 Å². The van der Waals surface area contributed by atoms with Gasteiger partial charge in [0.05, 0.1) is 11.0 Å². The molecule has 2 heterocycles. The van der Waals surface area contributed by atoms with E-state index in [-0.39, 0.29) is 6.04 Å². The van der Waals surface area contributed by atoms with Gasteiger partial charge in [0.2, 0.25) is 5.95 Å². The first kappa shape index (κ1) is 18.7. The fraction of sp³-hybridized carbons (Fsp3) is 0.190. The van der Waals surface area contributed by atoms with E-state index in [4.69, 9.17) is 10.2 Å². The molecule has 0 aliphatic carbocycles. The zero-order valence-corrected chi connectivity index (χ0v) is 16.2. The summed E-state index contributed by atoms with van der Waals surface area (Å²) in [5.41, 5.74) is 5.75. The van der Waals surface area contributed by atoms with Crippen molar-refractivity contribution in [3.8, 4) is 0 Å². The Kier molecular flexibility index (Phi) is 5.01. The number of carbonyl (C=O) groups is 1. The Bertz CT molecular complexity index is 1100. The molecule has 0 atom stereocenters. The Morgan fingerprint density at radius 3 is 2.62 bits per heavy atom. The molecule has 8 nitrogen and oxygen atoms in total. The van der Waals surface area contributed by atoms with Crippen molar-refractivity contribution >= 4 is 40.5 Å². The molecule has 1 aliphatic rings. The number of carbonyl (C=O) groups excluding carboxylic acids is 1. The van der Waals surface area contributed by atoms with Crippen molar-refractivity contribution in [3.63, 3.8) is 0 Å². The van der Waals surface area contributed by atoms with Gasteiger partial charge in [0, 0.05) is 35.4 Å². The Morgan fingerprint density at radius 2 is 1.97 bits per heavy atom. The fourth-order valence-electron chi connectivity index (χ4n) is 3.33. The minimum Gasteiger partial charge on any atom is -0.328 e. The number of benzene rings is 2. The third-order valence-electron chi connectivity index (χ3n) is 4.72. The van der Waals surface area contributed by atoms with Crippen molar-refractivity contribution in [2.24, 2.45) is 4.99 Å². The first-order chi connectivity index (χ1) is 14.1. The molecule has 1 amide bonds. The predicted molar refractivity (Wildman–Crippen MR) is 114 cm³/mol. The molecule has 3 N–H and O–H groups in total. The highest BCUT2D eigenvalue weighted by Crippen LogP contribution is 2.30. The second-order valence-corrected chi connectivity index (χ2v) is 7.00. The lowest BCUT2D eigenvalue weighted by Gasteiger charge is -2.20. The second-order valence-electron chi connectivity index (χ2n) is 7.00. The number of rotatable bonds is 5. The molecule has 0 spiro atoms. The summed E-state index contributed by atoms with van der Waals surface area (Å²) in [6, 6.07) is 13.2. The van der Waals surface area contributed by atoms with Crippen molar-refractivity contribution in [1.82, 2.24) is 15.0 Å². The molecular weight excluding hydrogens is 368 g/mol. The Morgan fingerprint density at radius 1 is 1.17 bits per heavy atom. The average Bonchev–Trinajstić information content (AvgIpc) is 3.11. The zero-order valence-electron chi connectivity index (χ0n) is 16.2. The number of aromatic nitrogens is 2. The largest absolute Gasteiger partial charge is 0.328 e. The van der Waals surface area contributed by atoms with Gasteiger partial charge in [-0.2, -0.15) is 0 Å². The number of hydrogen-bond acceptors (Lipinski definition) is 6. The highest BCUT2D eigenvalue weighted by molar-refractivity contribution is 5.93. The van der Waals surface area contributed by atoms with Crippen molar-refractivity contribution in [2.75, 3.05) is 16.9 Å². The molecular formula is C21H22N6O2. The summed E-state index contributed by atoms with van der Waals surface area (Å²) in [6.07, 6.45) is 5.70. The van der Waals surface area contributed by atoms with E-state index in [1.807, 2.05) is 12.3 Å². The normalized spacial score (nSPS) is 13.3. The van der Waals surface area contributed by atoms with Crippen LogP contribution in [0.3, 0.4) is 0 Å². The van der Waals surface area contributed by atoms with Gasteiger partial charge >= 0.3 is 0 Å². The van der Waals surface area contributed by atoms with Crippen LogP contribution in [0.2, 0.25) is 0 Å². The van der Waals surface area contributed by atoms with Crippen molar-refractivity contribution < 1.29 is 10.0 Å².